The Balaban J connectivity index is 2.62. The molecule has 0 aliphatic heterocycles. The predicted octanol–water partition coefficient (Wildman–Crippen LogP) is 0.962. The molecule has 0 saturated heterocycles. The Morgan fingerprint density at radius 3 is 2.88 bits per heavy atom. The molecule has 0 bridgehead atoms. The second-order valence-corrected chi connectivity index (χ2v) is 4.15. The molecular formula is C11H15N3OS. The fraction of sp³-hybridized carbons (Fsp3) is 0.364. The Morgan fingerprint density at radius 2 is 2.38 bits per heavy atom. The standard InChI is InChI=1S/C11H15N3OS/c1-8(10(12)16)11(15)14(2)7-9-4-3-5-13-6-9/h3-6,8H,7H2,1-2H3,(H2,12,16). The molecule has 86 valence electrons. The van der Waals surface area contributed by atoms with Crippen molar-refractivity contribution in [1.29, 1.82) is 0 Å². The lowest BCUT2D eigenvalue weighted by atomic mass is 10.1. The molecule has 1 aromatic rings. The highest BCUT2D eigenvalue weighted by Crippen LogP contribution is 2.06. The first-order valence-corrected chi connectivity index (χ1v) is 5.36. The van der Waals surface area contributed by atoms with Crippen LogP contribution < -0.4 is 5.73 Å². The van der Waals surface area contributed by atoms with Gasteiger partial charge in [-0.25, -0.2) is 0 Å². The Hall–Kier alpha value is -1.49. The van der Waals surface area contributed by atoms with Gasteiger partial charge in [0.2, 0.25) is 5.91 Å². The minimum absolute atomic E-state index is 0.0728. The minimum atomic E-state index is -0.420. The van der Waals surface area contributed by atoms with E-state index >= 15 is 0 Å². The maximum absolute atomic E-state index is 11.8. The third-order valence-corrected chi connectivity index (χ3v) is 2.67. The van der Waals surface area contributed by atoms with E-state index in [0.717, 1.165) is 5.56 Å². The van der Waals surface area contributed by atoms with Crippen molar-refractivity contribution in [2.75, 3.05) is 7.05 Å². The summed E-state index contributed by atoms with van der Waals surface area (Å²) in [7, 11) is 1.73. The summed E-state index contributed by atoms with van der Waals surface area (Å²) >= 11 is 4.80. The summed E-state index contributed by atoms with van der Waals surface area (Å²) in [5, 5.41) is 0. The van der Waals surface area contributed by atoms with Crippen LogP contribution in [0.5, 0.6) is 0 Å². The zero-order chi connectivity index (χ0) is 12.1. The molecule has 1 aromatic heterocycles. The predicted molar refractivity (Wildman–Crippen MR) is 66.7 cm³/mol. The van der Waals surface area contributed by atoms with Crippen molar-refractivity contribution >= 4 is 23.1 Å². The van der Waals surface area contributed by atoms with Crippen LogP contribution in [0.4, 0.5) is 0 Å². The first-order chi connectivity index (χ1) is 7.52. The number of carbonyl (C=O) groups excluding carboxylic acids is 1. The van der Waals surface area contributed by atoms with Crippen molar-refractivity contribution in [3.8, 4) is 0 Å². The lowest BCUT2D eigenvalue weighted by Gasteiger charge is -2.20. The third-order valence-electron chi connectivity index (χ3n) is 2.32. The van der Waals surface area contributed by atoms with Gasteiger partial charge in [0, 0.05) is 26.0 Å². The van der Waals surface area contributed by atoms with E-state index in [1.54, 1.807) is 31.3 Å². The number of hydrogen-bond donors (Lipinski definition) is 1. The first-order valence-electron chi connectivity index (χ1n) is 4.95. The van der Waals surface area contributed by atoms with E-state index in [1.165, 1.54) is 0 Å². The monoisotopic (exact) mass is 237 g/mol. The fourth-order valence-corrected chi connectivity index (χ4v) is 1.40. The van der Waals surface area contributed by atoms with Crippen molar-refractivity contribution in [1.82, 2.24) is 9.88 Å². The summed E-state index contributed by atoms with van der Waals surface area (Å²) in [5.74, 6) is -0.493. The maximum atomic E-state index is 11.8. The molecule has 1 rings (SSSR count). The normalized spacial score (nSPS) is 11.9. The largest absolute Gasteiger partial charge is 0.393 e. The lowest BCUT2D eigenvalue weighted by Crippen LogP contribution is -2.37. The molecular weight excluding hydrogens is 222 g/mol. The van der Waals surface area contributed by atoms with Crippen molar-refractivity contribution < 1.29 is 4.79 Å². The number of thiocarbonyl (C=S) groups is 1. The van der Waals surface area contributed by atoms with Gasteiger partial charge < -0.3 is 10.6 Å². The van der Waals surface area contributed by atoms with Gasteiger partial charge in [-0.15, -0.1) is 0 Å². The number of carbonyl (C=O) groups is 1. The molecule has 0 saturated carbocycles. The summed E-state index contributed by atoms with van der Waals surface area (Å²) in [5.41, 5.74) is 6.42. The van der Waals surface area contributed by atoms with Gasteiger partial charge in [-0.3, -0.25) is 9.78 Å². The quantitative estimate of drug-likeness (QED) is 0.792. The molecule has 0 aromatic carbocycles. The van der Waals surface area contributed by atoms with Gasteiger partial charge in [0.1, 0.15) is 0 Å². The number of amides is 1. The molecule has 0 aliphatic carbocycles. The average Bonchev–Trinajstić information content (AvgIpc) is 2.28. The summed E-state index contributed by atoms with van der Waals surface area (Å²) in [6, 6.07) is 3.76. The van der Waals surface area contributed by atoms with Gasteiger partial charge >= 0.3 is 0 Å². The highest BCUT2D eigenvalue weighted by atomic mass is 32.1. The van der Waals surface area contributed by atoms with Crippen LogP contribution in [0, 0.1) is 5.92 Å². The van der Waals surface area contributed by atoms with E-state index in [0.29, 0.717) is 6.54 Å². The number of nitrogens with zero attached hydrogens (tertiary/aromatic N) is 2. The van der Waals surface area contributed by atoms with Gasteiger partial charge in [-0.05, 0) is 18.6 Å². The molecule has 0 aliphatic rings. The molecule has 1 heterocycles. The van der Waals surface area contributed by atoms with E-state index < -0.39 is 5.92 Å². The zero-order valence-electron chi connectivity index (χ0n) is 9.38. The molecule has 16 heavy (non-hydrogen) atoms. The van der Waals surface area contributed by atoms with Crippen LogP contribution >= 0.6 is 12.2 Å². The second-order valence-electron chi connectivity index (χ2n) is 3.68. The summed E-state index contributed by atoms with van der Waals surface area (Å²) < 4.78 is 0. The van der Waals surface area contributed by atoms with E-state index in [-0.39, 0.29) is 10.9 Å². The Kier molecular flexibility index (Phi) is 4.37. The number of hydrogen-bond acceptors (Lipinski definition) is 3. The SMILES string of the molecule is CC(C(=O)N(C)Cc1cccnc1)C(N)=S. The van der Waals surface area contributed by atoms with Crippen molar-refractivity contribution in [2.45, 2.75) is 13.5 Å². The van der Waals surface area contributed by atoms with E-state index in [4.69, 9.17) is 18.0 Å². The molecule has 1 amide bonds. The Bertz CT molecular complexity index is 380. The number of pyridine rings is 1. The van der Waals surface area contributed by atoms with E-state index in [1.807, 2.05) is 12.1 Å². The molecule has 2 N–H and O–H groups in total. The van der Waals surface area contributed by atoms with Gasteiger partial charge in [-0.2, -0.15) is 0 Å². The van der Waals surface area contributed by atoms with Crippen LogP contribution in [0.15, 0.2) is 24.5 Å². The molecule has 1 atom stereocenters. The Labute approximate surface area is 100 Å². The van der Waals surface area contributed by atoms with Crippen LogP contribution in [0.2, 0.25) is 0 Å². The van der Waals surface area contributed by atoms with Gasteiger partial charge in [0.05, 0.1) is 10.9 Å². The minimum Gasteiger partial charge on any atom is -0.393 e. The van der Waals surface area contributed by atoms with Crippen molar-refractivity contribution in [3.05, 3.63) is 30.1 Å². The number of nitrogens with two attached hydrogens (primary N) is 1. The number of aromatic nitrogens is 1. The molecule has 0 spiro atoms. The average molecular weight is 237 g/mol. The molecule has 0 radical (unpaired) electrons. The fourth-order valence-electron chi connectivity index (χ4n) is 1.30. The Morgan fingerprint density at radius 1 is 1.69 bits per heavy atom. The number of rotatable bonds is 4. The molecule has 4 nitrogen and oxygen atoms in total. The van der Waals surface area contributed by atoms with Crippen LogP contribution in [-0.2, 0) is 11.3 Å². The van der Waals surface area contributed by atoms with Crippen molar-refractivity contribution in [2.24, 2.45) is 11.7 Å². The summed E-state index contributed by atoms with van der Waals surface area (Å²) in [6.45, 7) is 2.23. The first kappa shape index (κ1) is 12.6. The van der Waals surface area contributed by atoms with Gasteiger partial charge in [0.25, 0.3) is 0 Å². The highest BCUT2D eigenvalue weighted by molar-refractivity contribution is 7.80. The van der Waals surface area contributed by atoms with Crippen LogP contribution in [-0.4, -0.2) is 27.8 Å². The van der Waals surface area contributed by atoms with Gasteiger partial charge in [0.15, 0.2) is 0 Å². The van der Waals surface area contributed by atoms with Crippen molar-refractivity contribution in [3.63, 3.8) is 0 Å². The van der Waals surface area contributed by atoms with Crippen LogP contribution in [0.3, 0.4) is 0 Å². The third kappa shape index (κ3) is 3.27. The lowest BCUT2D eigenvalue weighted by molar-refractivity contribution is -0.132. The maximum Gasteiger partial charge on any atom is 0.232 e. The van der Waals surface area contributed by atoms with Crippen LogP contribution in [0.1, 0.15) is 12.5 Å². The van der Waals surface area contributed by atoms with Gasteiger partial charge in [-0.1, -0.05) is 18.3 Å². The van der Waals surface area contributed by atoms with Crippen LogP contribution in [0.25, 0.3) is 0 Å². The van der Waals surface area contributed by atoms with E-state index in [2.05, 4.69) is 4.98 Å². The highest BCUT2D eigenvalue weighted by Gasteiger charge is 2.19. The zero-order valence-corrected chi connectivity index (χ0v) is 10.2. The molecule has 5 heteroatoms. The smallest absolute Gasteiger partial charge is 0.232 e. The molecule has 0 fully saturated rings. The summed E-state index contributed by atoms with van der Waals surface area (Å²) in [6.07, 6.45) is 3.43. The topological polar surface area (TPSA) is 59.2 Å². The summed E-state index contributed by atoms with van der Waals surface area (Å²) in [4.78, 5) is 17.6. The molecule has 1 unspecified atom stereocenters. The van der Waals surface area contributed by atoms with E-state index in [9.17, 15) is 4.79 Å². The second kappa shape index (κ2) is 5.55.